The minimum absolute atomic E-state index is 0.0602. The van der Waals surface area contributed by atoms with E-state index in [2.05, 4.69) is 4.90 Å². The quantitative estimate of drug-likeness (QED) is 0.746. The van der Waals surface area contributed by atoms with Crippen molar-refractivity contribution < 1.29 is 4.79 Å². The van der Waals surface area contributed by atoms with Gasteiger partial charge in [0.05, 0.1) is 5.25 Å². The summed E-state index contributed by atoms with van der Waals surface area (Å²) in [5, 5.41) is -0.0602. The van der Waals surface area contributed by atoms with Crippen LogP contribution in [0.25, 0.3) is 0 Å². The van der Waals surface area contributed by atoms with E-state index in [4.69, 9.17) is 12.2 Å². The van der Waals surface area contributed by atoms with Crippen LogP contribution in [0.3, 0.4) is 0 Å². The number of hydrogen-bond donors (Lipinski definition) is 0. The van der Waals surface area contributed by atoms with Crippen molar-refractivity contribution in [3.63, 3.8) is 0 Å². The summed E-state index contributed by atoms with van der Waals surface area (Å²) in [7, 11) is 1.97. The Labute approximate surface area is 132 Å². The summed E-state index contributed by atoms with van der Waals surface area (Å²) >= 11 is 7.03. The SMILES string of the molecule is C[C@@H](SC(=S)N1CCCC1)C(=O)N(C)C1CCCCC1. The molecule has 0 aromatic heterocycles. The normalized spacial score (nSPS) is 21.8. The van der Waals surface area contributed by atoms with Gasteiger partial charge in [0.25, 0.3) is 0 Å². The monoisotopic (exact) mass is 314 g/mol. The van der Waals surface area contributed by atoms with Crippen LogP contribution in [0.1, 0.15) is 51.9 Å². The van der Waals surface area contributed by atoms with E-state index in [-0.39, 0.29) is 11.2 Å². The Hall–Kier alpha value is -0.290. The number of carbonyl (C=O) groups is 1. The van der Waals surface area contributed by atoms with Crippen molar-refractivity contribution in [2.75, 3.05) is 20.1 Å². The molecule has 0 radical (unpaired) electrons. The lowest BCUT2D eigenvalue weighted by Crippen LogP contribution is -2.42. The third kappa shape index (κ3) is 4.10. The number of rotatable bonds is 3. The summed E-state index contributed by atoms with van der Waals surface area (Å²) in [6.07, 6.45) is 8.62. The second kappa shape index (κ2) is 7.64. The maximum absolute atomic E-state index is 12.5. The lowest BCUT2D eigenvalue weighted by Gasteiger charge is -2.33. The molecule has 2 rings (SSSR count). The van der Waals surface area contributed by atoms with Gasteiger partial charge in [-0.05, 0) is 32.6 Å². The van der Waals surface area contributed by atoms with Gasteiger partial charge in [-0.15, -0.1) is 0 Å². The van der Waals surface area contributed by atoms with Gasteiger partial charge in [-0.25, -0.2) is 0 Å². The minimum atomic E-state index is -0.0602. The molecule has 20 heavy (non-hydrogen) atoms. The van der Waals surface area contributed by atoms with E-state index in [1.54, 1.807) is 11.8 Å². The zero-order valence-corrected chi connectivity index (χ0v) is 14.3. The first kappa shape index (κ1) is 16.1. The first-order valence-corrected chi connectivity index (χ1v) is 9.10. The topological polar surface area (TPSA) is 23.6 Å². The Bertz CT molecular complexity index is 350. The highest BCUT2D eigenvalue weighted by atomic mass is 32.2. The molecule has 1 heterocycles. The second-order valence-electron chi connectivity index (χ2n) is 5.96. The summed E-state index contributed by atoms with van der Waals surface area (Å²) in [6, 6.07) is 0.444. The molecule has 0 aromatic rings. The summed E-state index contributed by atoms with van der Waals surface area (Å²) in [5.41, 5.74) is 0. The predicted molar refractivity (Wildman–Crippen MR) is 90.1 cm³/mol. The number of amides is 1. The van der Waals surface area contributed by atoms with Crippen LogP contribution in [0.5, 0.6) is 0 Å². The molecule has 0 spiro atoms. The van der Waals surface area contributed by atoms with E-state index >= 15 is 0 Å². The van der Waals surface area contributed by atoms with Crippen molar-refractivity contribution in [1.29, 1.82) is 0 Å². The van der Waals surface area contributed by atoms with E-state index in [0.717, 1.165) is 30.3 Å². The van der Waals surface area contributed by atoms with E-state index in [1.165, 1.54) is 32.1 Å². The van der Waals surface area contributed by atoms with Crippen molar-refractivity contribution in [3.05, 3.63) is 0 Å². The molecule has 3 nitrogen and oxygen atoms in total. The van der Waals surface area contributed by atoms with Crippen LogP contribution >= 0.6 is 24.0 Å². The fraction of sp³-hybridized carbons (Fsp3) is 0.867. The van der Waals surface area contributed by atoms with Crippen LogP contribution in [0, 0.1) is 0 Å². The van der Waals surface area contributed by atoms with Crippen LogP contribution in [0.4, 0.5) is 0 Å². The average molecular weight is 315 g/mol. The van der Waals surface area contributed by atoms with Crippen LogP contribution in [0.2, 0.25) is 0 Å². The summed E-state index contributed by atoms with van der Waals surface area (Å²) in [5.74, 6) is 0.239. The molecule has 1 atom stereocenters. The van der Waals surface area contributed by atoms with E-state index < -0.39 is 0 Å². The molecule has 0 aromatic carbocycles. The lowest BCUT2D eigenvalue weighted by molar-refractivity contribution is -0.131. The maximum atomic E-state index is 12.5. The summed E-state index contributed by atoms with van der Waals surface area (Å²) in [6.45, 7) is 4.12. The first-order chi connectivity index (χ1) is 9.59. The zero-order valence-electron chi connectivity index (χ0n) is 12.6. The molecule has 114 valence electrons. The third-order valence-electron chi connectivity index (χ3n) is 4.46. The molecule has 1 aliphatic heterocycles. The molecule has 1 aliphatic carbocycles. The van der Waals surface area contributed by atoms with Gasteiger partial charge in [0, 0.05) is 26.2 Å². The number of hydrogen-bond acceptors (Lipinski definition) is 3. The molecular weight excluding hydrogens is 288 g/mol. The van der Waals surface area contributed by atoms with Crippen LogP contribution in [-0.4, -0.2) is 51.5 Å². The second-order valence-corrected chi connectivity index (χ2v) is 7.94. The van der Waals surface area contributed by atoms with Crippen LogP contribution in [-0.2, 0) is 4.79 Å². The van der Waals surface area contributed by atoms with Gasteiger partial charge in [0.1, 0.15) is 4.32 Å². The van der Waals surface area contributed by atoms with Crippen molar-refractivity contribution in [1.82, 2.24) is 9.80 Å². The number of thiocarbonyl (C=S) groups is 1. The fourth-order valence-corrected chi connectivity index (χ4v) is 4.63. The molecular formula is C15H26N2OS2. The van der Waals surface area contributed by atoms with Crippen molar-refractivity contribution in [2.24, 2.45) is 0 Å². The Morgan fingerprint density at radius 1 is 1.20 bits per heavy atom. The molecule has 1 saturated carbocycles. The Kier molecular flexibility index (Phi) is 6.15. The number of thioether (sulfide) groups is 1. The van der Waals surface area contributed by atoms with E-state index in [1.807, 2.05) is 18.9 Å². The van der Waals surface area contributed by atoms with Crippen molar-refractivity contribution in [2.45, 2.75) is 63.2 Å². The summed E-state index contributed by atoms with van der Waals surface area (Å²) in [4.78, 5) is 16.7. The van der Waals surface area contributed by atoms with Gasteiger partial charge in [0.2, 0.25) is 5.91 Å². The molecule has 1 saturated heterocycles. The molecule has 5 heteroatoms. The number of nitrogens with zero attached hydrogens (tertiary/aromatic N) is 2. The van der Waals surface area contributed by atoms with Crippen LogP contribution < -0.4 is 0 Å². The zero-order chi connectivity index (χ0) is 14.5. The molecule has 0 N–H and O–H groups in total. The molecule has 2 aliphatic rings. The van der Waals surface area contributed by atoms with E-state index in [0.29, 0.717) is 6.04 Å². The average Bonchev–Trinajstić information content (AvgIpc) is 3.01. The highest BCUT2D eigenvalue weighted by Crippen LogP contribution is 2.25. The van der Waals surface area contributed by atoms with Gasteiger partial charge < -0.3 is 9.80 Å². The standard InChI is InChI=1S/C15H26N2OS2/c1-12(20-15(19)17-10-6-7-11-17)14(18)16(2)13-8-4-3-5-9-13/h12-13H,3-11H2,1-2H3/t12-/m1/s1. The Morgan fingerprint density at radius 3 is 2.40 bits per heavy atom. The highest BCUT2D eigenvalue weighted by molar-refractivity contribution is 8.23. The number of carbonyl (C=O) groups excluding carboxylic acids is 1. The summed E-state index contributed by atoms with van der Waals surface area (Å²) < 4.78 is 0.903. The molecule has 2 fully saturated rings. The Morgan fingerprint density at radius 2 is 1.80 bits per heavy atom. The molecule has 1 amide bonds. The van der Waals surface area contributed by atoms with Crippen molar-refractivity contribution >= 4 is 34.2 Å². The van der Waals surface area contributed by atoms with Crippen molar-refractivity contribution in [3.8, 4) is 0 Å². The van der Waals surface area contributed by atoms with Gasteiger partial charge >= 0.3 is 0 Å². The predicted octanol–water partition coefficient (Wildman–Crippen LogP) is 3.28. The largest absolute Gasteiger partial charge is 0.358 e. The smallest absolute Gasteiger partial charge is 0.235 e. The maximum Gasteiger partial charge on any atom is 0.235 e. The van der Waals surface area contributed by atoms with Crippen LogP contribution in [0.15, 0.2) is 0 Å². The number of likely N-dealkylation sites (tertiary alicyclic amines) is 1. The third-order valence-corrected chi connectivity index (χ3v) is 6.02. The van der Waals surface area contributed by atoms with Gasteiger partial charge in [-0.3, -0.25) is 4.79 Å². The van der Waals surface area contributed by atoms with Gasteiger partial charge in [-0.1, -0.05) is 43.2 Å². The van der Waals surface area contributed by atoms with Gasteiger partial charge in [0.15, 0.2) is 0 Å². The lowest BCUT2D eigenvalue weighted by atomic mass is 9.94. The van der Waals surface area contributed by atoms with Gasteiger partial charge in [-0.2, -0.15) is 0 Å². The van der Waals surface area contributed by atoms with E-state index in [9.17, 15) is 4.79 Å². The molecule has 0 unspecified atom stereocenters. The Balaban J connectivity index is 1.82. The first-order valence-electron chi connectivity index (χ1n) is 7.82. The highest BCUT2D eigenvalue weighted by Gasteiger charge is 2.27. The fourth-order valence-electron chi connectivity index (χ4n) is 3.11. The minimum Gasteiger partial charge on any atom is -0.358 e. The molecule has 0 bridgehead atoms.